The summed E-state index contributed by atoms with van der Waals surface area (Å²) in [5.41, 5.74) is 5.99. The summed E-state index contributed by atoms with van der Waals surface area (Å²) in [4.78, 5) is 17.1. The molecule has 1 aromatic rings. The normalized spacial score (nSPS) is 22.8. The van der Waals surface area contributed by atoms with Gasteiger partial charge in [0.2, 0.25) is 0 Å². The number of hydrogen-bond donors (Lipinski definition) is 2. The molecule has 1 unspecified atom stereocenters. The van der Waals surface area contributed by atoms with Crippen molar-refractivity contribution in [2.24, 2.45) is 10.7 Å². The number of nitrogens with two attached hydrogens (primary N) is 1. The van der Waals surface area contributed by atoms with E-state index in [1.807, 2.05) is 6.92 Å². The Bertz CT molecular complexity index is 1070. The number of hydrogen-bond acceptors (Lipinski definition) is 7. The standard InChI is InChI=1S/C18H19ClFN3O3S3/c1-18(5-6-28-17(21)23-18)10-3-4-12(20)13(7-10)22-16(24)11-8-27-9-14(15(11)19)29(2,25)26/h3-4,7,9H,5-6,8H2,1-2H3,(H2,21,23)(H,22,24). The van der Waals surface area contributed by atoms with Crippen molar-refractivity contribution in [3.05, 3.63) is 50.5 Å². The van der Waals surface area contributed by atoms with Crippen LogP contribution in [0.5, 0.6) is 0 Å². The molecule has 1 aromatic carbocycles. The molecule has 0 fully saturated rings. The summed E-state index contributed by atoms with van der Waals surface area (Å²) in [7, 11) is -3.59. The molecule has 11 heteroatoms. The Labute approximate surface area is 182 Å². The lowest BCUT2D eigenvalue weighted by Crippen LogP contribution is -2.29. The lowest BCUT2D eigenvalue weighted by Gasteiger charge is -2.30. The van der Waals surface area contributed by atoms with Gasteiger partial charge in [-0.25, -0.2) is 12.8 Å². The molecule has 2 heterocycles. The number of allylic oxidation sites excluding steroid dienone is 1. The lowest BCUT2D eigenvalue weighted by molar-refractivity contribution is -0.112. The molecule has 0 bridgehead atoms. The summed E-state index contributed by atoms with van der Waals surface area (Å²) in [5, 5.41) is 4.23. The van der Waals surface area contributed by atoms with Crippen LogP contribution in [0.2, 0.25) is 0 Å². The topological polar surface area (TPSA) is 102 Å². The van der Waals surface area contributed by atoms with Gasteiger partial charge in [-0.3, -0.25) is 9.79 Å². The highest BCUT2D eigenvalue weighted by atomic mass is 35.5. The second kappa shape index (κ2) is 8.33. The maximum Gasteiger partial charge on any atom is 0.254 e. The van der Waals surface area contributed by atoms with Crippen LogP contribution in [0.15, 0.2) is 44.1 Å². The van der Waals surface area contributed by atoms with Gasteiger partial charge < -0.3 is 11.1 Å². The Morgan fingerprint density at radius 2 is 2.14 bits per heavy atom. The van der Waals surface area contributed by atoms with E-state index in [9.17, 15) is 17.6 Å². The van der Waals surface area contributed by atoms with Gasteiger partial charge in [0.05, 0.1) is 21.2 Å². The highest BCUT2D eigenvalue weighted by Crippen LogP contribution is 2.37. The lowest BCUT2D eigenvalue weighted by atomic mass is 9.89. The predicted molar refractivity (Wildman–Crippen MR) is 119 cm³/mol. The Morgan fingerprint density at radius 1 is 1.41 bits per heavy atom. The third kappa shape index (κ3) is 4.82. The molecule has 0 radical (unpaired) electrons. The van der Waals surface area contributed by atoms with Gasteiger partial charge in [0.25, 0.3) is 5.91 Å². The van der Waals surface area contributed by atoms with Crippen LogP contribution < -0.4 is 11.1 Å². The summed E-state index contributed by atoms with van der Waals surface area (Å²) >= 11 is 8.75. The molecule has 29 heavy (non-hydrogen) atoms. The van der Waals surface area contributed by atoms with E-state index in [2.05, 4.69) is 10.3 Å². The SMILES string of the molecule is CC1(c2ccc(F)c(NC(=O)C3=C(Cl)C(S(C)(=O)=O)=CSC3)c2)CCSC(N)=N1. The summed E-state index contributed by atoms with van der Waals surface area (Å²) in [6, 6.07) is 4.40. The van der Waals surface area contributed by atoms with E-state index in [-0.39, 0.29) is 27.0 Å². The van der Waals surface area contributed by atoms with Gasteiger partial charge >= 0.3 is 0 Å². The summed E-state index contributed by atoms with van der Waals surface area (Å²) in [5.74, 6) is -0.307. The molecule has 3 rings (SSSR count). The quantitative estimate of drug-likeness (QED) is 0.690. The van der Waals surface area contributed by atoms with E-state index >= 15 is 0 Å². The van der Waals surface area contributed by atoms with Crippen LogP contribution in [0, 0.1) is 5.82 Å². The molecule has 0 spiro atoms. The largest absolute Gasteiger partial charge is 0.379 e. The minimum atomic E-state index is -3.59. The third-order valence-corrected chi connectivity index (χ3v) is 8.07. The second-order valence-corrected chi connectivity index (χ2v) is 11.2. The zero-order valence-corrected chi connectivity index (χ0v) is 18.9. The molecule has 156 valence electrons. The number of benzene rings is 1. The van der Waals surface area contributed by atoms with Crippen LogP contribution in [-0.2, 0) is 20.2 Å². The number of nitrogens with zero attached hydrogens (tertiary/aromatic N) is 1. The molecule has 0 aromatic heterocycles. The third-order valence-electron chi connectivity index (χ3n) is 4.61. The van der Waals surface area contributed by atoms with Crippen molar-refractivity contribution in [3.8, 4) is 0 Å². The van der Waals surface area contributed by atoms with Crippen molar-refractivity contribution in [2.75, 3.05) is 23.1 Å². The monoisotopic (exact) mass is 475 g/mol. The maximum atomic E-state index is 14.4. The van der Waals surface area contributed by atoms with E-state index in [1.54, 1.807) is 6.07 Å². The Kier molecular flexibility index (Phi) is 6.38. The van der Waals surface area contributed by atoms with Crippen molar-refractivity contribution in [2.45, 2.75) is 18.9 Å². The zero-order valence-electron chi connectivity index (χ0n) is 15.7. The first-order valence-electron chi connectivity index (χ1n) is 8.51. The van der Waals surface area contributed by atoms with Crippen LogP contribution in [0.1, 0.15) is 18.9 Å². The smallest absolute Gasteiger partial charge is 0.254 e. The Hall–Kier alpha value is -1.49. The number of sulfone groups is 1. The maximum absolute atomic E-state index is 14.4. The second-order valence-electron chi connectivity index (χ2n) is 6.83. The van der Waals surface area contributed by atoms with Crippen LogP contribution in [0.25, 0.3) is 0 Å². The Morgan fingerprint density at radius 3 is 2.79 bits per heavy atom. The van der Waals surface area contributed by atoms with E-state index in [0.29, 0.717) is 17.2 Å². The van der Waals surface area contributed by atoms with Gasteiger partial charge in [-0.2, -0.15) is 0 Å². The molecule has 0 saturated carbocycles. The minimum Gasteiger partial charge on any atom is -0.379 e. The molecule has 1 amide bonds. The molecule has 3 N–H and O–H groups in total. The summed E-state index contributed by atoms with van der Waals surface area (Å²) < 4.78 is 38.1. The van der Waals surface area contributed by atoms with E-state index in [1.165, 1.54) is 29.3 Å². The fourth-order valence-electron chi connectivity index (χ4n) is 2.93. The number of rotatable bonds is 4. The first-order chi connectivity index (χ1) is 13.5. The van der Waals surface area contributed by atoms with E-state index in [0.717, 1.165) is 23.8 Å². The minimum absolute atomic E-state index is 0.0295. The van der Waals surface area contributed by atoms with Gasteiger partial charge in [0.1, 0.15) is 5.82 Å². The van der Waals surface area contributed by atoms with Crippen LogP contribution >= 0.6 is 35.1 Å². The average molecular weight is 476 g/mol. The van der Waals surface area contributed by atoms with Gasteiger partial charge in [0, 0.05) is 23.3 Å². The van der Waals surface area contributed by atoms with Gasteiger partial charge in [-0.15, -0.1) is 11.8 Å². The number of halogens is 2. The number of nitrogens with one attached hydrogen (secondary N) is 1. The van der Waals surface area contributed by atoms with E-state index < -0.39 is 27.1 Å². The first-order valence-corrected chi connectivity index (χ1v) is 12.8. The molecule has 2 aliphatic rings. The van der Waals surface area contributed by atoms with Gasteiger partial charge in [-0.1, -0.05) is 29.4 Å². The molecule has 0 saturated heterocycles. The number of carbonyl (C=O) groups excluding carboxylic acids is 1. The highest BCUT2D eigenvalue weighted by Gasteiger charge is 2.31. The Balaban J connectivity index is 1.92. The number of aliphatic imine (C=N–C) groups is 1. The van der Waals surface area contributed by atoms with Crippen LogP contribution in [-0.4, -0.2) is 37.3 Å². The van der Waals surface area contributed by atoms with Crippen molar-refractivity contribution in [1.29, 1.82) is 0 Å². The predicted octanol–water partition coefficient (Wildman–Crippen LogP) is 3.56. The molecular formula is C18H19ClFN3O3S3. The summed E-state index contributed by atoms with van der Waals surface area (Å²) in [6.07, 6.45) is 1.73. The fourth-order valence-corrected chi connectivity index (χ4v) is 6.82. The van der Waals surface area contributed by atoms with Gasteiger partial charge in [0.15, 0.2) is 15.0 Å². The van der Waals surface area contributed by atoms with E-state index in [4.69, 9.17) is 17.3 Å². The molecular weight excluding hydrogens is 457 g/mol. The van der Waals surface area contributed by atoms with Crippen LogP contribution in [0.3, 0.4) is 0 Å². The number of amides is 1. The molecule has 1 atom stereocenters. The number of amidine groups is 1. The van der Waals surface area contributed by atoms with Crippen molar-refractivity contribution < 1.29 is 17.6 Å². The molecule has 2 aliphatic heterocycles. The van der Waals surface area contributed by atoms with Crippen LogP contribution in [0.4, 0.5) is 10.1 Å². The zero-order chi connectivity index (χ0) is 21.4. The first kappa shape index (κ1) is 22.2. The fraction of sp³-hybridized carbons (Fsp3) is 0.333. The van der Waals surface area contributed by atoms with Crippen molar-refractivity contribution in [1.82, 2.24) is 0 Å². The highest BCUT2D eigenvalue weighted by molar-refractivity contribution is 8.13. The van der Waals surface area contributed by atoms with Gasteiger partial charge in [-0.05, 0) is 36.4 Å². The number of thioether (sulfide) groups is 2. The van der Waals surface area contributed by atoms with Crippen molar-refractivity contribution in [3.63, 3.8) is 0 Å². The average Bonchev–Trinajstić information content (AvgIpc) is 2.62. The summed E-state index contributed by atoms with van der Waals surface area (Å²) in [6.45, 7) is 1.90. The molecule has 6 nitrogen and oxygen atoms in total. The number of carbonyl (C=O) groups is 1. The number of anilines is 1. The van der Waals surface area contributed by atoms with Crippen molar-refractivity contribution >= 4 is 61.7 Å². The molecule has 0 aliphatic carbocycles.